The number of nitrogens with two attached hydrogens (primary N) is 3. The first-order valence-electron chi connectivity index (χ1n) is 6.36. The third-order valence-electron chi connectivity index (χ3n) is 2.28. The van der Waals surface area contributed by atoms with Crippen LogP contribution in [0.1, 0.15) is 0 Å². The largest absolute Gasteiger partial charge is 0.465 e. The molecule has 2 aromatic rings. The number of nitrogen functional groups attached to an aromatic ring is 1. The Morgan fingerprint density at radius 1 is 0.889 bits per heavy atom. The van der Waals surface area contributed by atoms with Gasteiger partial charge < -0.3 is 27.0 Å². The minimum absolute atomic E-state index is 0.0618. The van der Waals surface area contributed by atoms with E-state index >= 15 is 0 Å². The molecule has 0 unspecified atom stereocenters. The molecule has 2 aromatic carbocycles. The number of halogens is 6. The monoisotopic (exact) mass is 519 g/mol. The molecule has 0 atom stereocenters. The van der Waals surface area contributed by atoms with E-state index in [4.69, 9.17) is 15.6 Å². The van der Waals surface area contributed by atoms with Crippen LogP contribution in [0.2, 0.25) is 0 Å². The predicted octanol–water partition coefficient (Wildman–Crippen LogP) is 4.12. The van der Waals surface area contributed by atoms with Crippen LogP contribution in [0.5, 0.6) is 5.75 Å². The average Bonchev–Trinajstić information content (AvgIpc) is 2.57. The van der Waals surface area contributed by atoms with E-state index in [1.165, 1.54) is 6.07 Å². The first-order chi connectivity index (χ1) is 12.4. The Bertz CT molecular complexity index is 809. The van der Waals surface area contributed by atoms with Crippen molar-refractivity contribution in [2.24, 2.45) is 11.5 Å². The molecule has 0 fully saturated rings. The number of anilines is 1. The Balaban J connectivity index is 0.000000428. The minimum Gasteiger partial charge on any atom is -0.465 e. The van der Waals surface area contributed by atoms with Crippen LogP contribution >= 0.6 is 31.9 Å². The number of hydrogen-bond donors (Lipinski definition) is 4. The molecule has 27 heavy (non-hydrogen) atoms. The smallest absolute Gasteiger partial charge is 0.410 e. The SMILES string of the molecule is NC(=O)O.NC(=O)Oc1ccc(F)c(Br)c1F.Nc1ccc(F)c(Br)c1F. The quantitative estimate of drug-likeness (QED) is 0.254. The molecular formula is C14H11Br2F4N3O4. The van der Waals surface area contributed by atoms with Crippen molar-refractivity contribution in [1.82, 2.24) is 0 Å². The maximum Gasteiger partial charge on any atom is 0.410 e. The molecule has 0 saturated heterocycles. The zero-order chi connectivity index (χ0) is 21.3. The van der Waals surface area contributed by atoms with Crippen LogP contribution in [0, 0.1) is 23.3 Å². The van der Waals surface area contributed by atoms with E-state index in [9.17, 15) is 22.4 Å². The lowest BCUT2D eigenvalue weighted by molar-refractivity contribution is 0.205. The number of primary amides is 2. The number of benzene rings is 2. The summed E-state index contributed by atoms with van der Waals surface area (Å²) in [6.07, 6.45) is -2.49. The third kappa shape index (κ3) is 8.59. The molecule has 13 heteroatoms. The fourth-order valence-electron chi connectivity index (χ4n) is 1.24. The fraction of sp³-hybridized carbons (Fsp3) is 0. The maximum atomic E-state index is 13.0. The highest BCUT2D eigenvalue weighted by Crippen LogP contribution is 2.27. The van der Waals surface area contributed by atoms with E-state index in [-0.39, 0.29) is 10.2 Å². The average molecular weight is 521 g/mol. The highest BCUT2D eigenvalue weighted by molar-refractivity contribution is 9.10. The molecule has 0 spiro atoms. The van der Waals surface area contributed by atoms with Gasteiger partial charge in [0.05, 0.1) is 14.6 Å². The van der Waals surface area contributed by atoms with Crippen LogP contribution in [0.25, 0.3) is 0 Å². The van der Waals surface area contributed by atoms with Gasteiger partial charge in [-0.1, -0.05) is 0 Å². The summed E-state index contributed by atoms with van der Waals surface area (Å²) in [5, 5.41) is 7.19. The molecule has 2 amide bonds. The summed E-state index contributed by atoms with van der Waals surface area (Å²) < 4.78 is 54.3. The summed E-state index contributed by atoms with van der Waals surface area (Å²) in [6, 6.07) is 4.20. The van der Waals surface area contributed by atoms with Gasteiger partial charge in [-0.2, -0.15) is 0 Å². The van der Waals surface area contributed by atoms with Crippen molar-refractivity contribution in [3.05, 3.63) is 56.5 Å². The van der Waals surface area contributed by atoms with E-state index < -0.39 is 45.7 Å². The first kappa shape index (κ1) is 24.5. The van der Waals surface area contributed by atoms with Gasteiger partial charge in [-0.15, -0.1) is 0 Å². The van der Waals surface area contributed by atoms with Gasteiger partial charge in [0.25, 0.3) is 0 Å². The topological polar surface area (TPSA) is 142 Å². The van der Waals surface area contributed by atoms with Gasteiger partial charge in [-0.25, -0.2) is 27.2 Å². The molecule has 0 aliphatic carbocycles. The summed E-state index contributed by atoms with van der Waals surface area (Å²) in [5.74, 6) is -3.60. The predicted molar refractivity (Wildman–Crippen MR) is 95.0 cm³/mol. The van der Waals surface area contributed by atoms with Gasteiger partial charge in [-0.05, 0) is 56.1 Å². The number of carboxylic acid groups (broad SMARTS) is 1. The number of hydrogen-bond acceptors (Lipinski definition) is 4. The molecule has 7 N–H and O–H groups in total. The van der Waals surface area contributed by atoms with E-state index in [2.05, 4.69) is 48.1 Å². The molecule has 0 radical (unpaired) electrons. The lowest BCUT2D eigenvalue weighted by Gasteiger charge is -2.03. The Kier molecular flexibility index (Phi) is 10.2. The van der Waals surface area contributed by atoms with Crippen LogP contribution < -0.4 is 21.9 Å². The fourth-order valence-corrected chi connectivity index (χ4v) is 1.92. The molecule has 2 rings (SSSR count). The Morgan fingerprint density at radius 2 is 1.30 bits per heavy atom. The van der Waals surface area contributed by atoms with Crippen molar-refractivity contribution in [3.63, 3.8) is 0 Å². The molecule has 0 bridgehead atoms. The van der Waals surface area contributed by atoms with Gasteiger partial charge >= 0.3 is 12.2 Å². The summed E-state index contributed by atoms with van der Waals surface area (Å²) in [6.45, 7) is 0. The van der Waals surface area contributed by atoms with E-state index in [1.54, 1.807) is 0 Å². The van der Waals surface area contributed by atoms with Gasteiger partial charge in [-0.3, -0.25) is 0 Å². The number of rotatable bonds is 1. The second-order valence-corrected chi connectivity index (χ2v) is 5.78. The van der Waals surface area contributed by atoms with Crippen molar-refractivity contribution < 1.29 is 37.0 Å². The van der Waals surface area contributed by atoms with E-state index in [0.29, 0.717) is 0 Å². The molecule has 0 saturated carbocycles. The summed E-state index contributed by atoms with van der Waals surface area (Å²) in [5.41, 5.74) is 13.7. The molecule has 0 aliphatic rings. The summed E-state index contributed by atoms with van der Waals surface area (Å²) >= 11 is 5.34. The standard InChI is InChI=1S/C7H4BrF2NO2.C6H4BrF2N.CH3NO2/c8-5-3(9)1-2-4(6(5)10)13-7(11)12;7-5-3(8)1-2-4(10)6(5)9;2-1(3)4/h1-2H,(H2,11,12);1-2H,10H2;2H2,(H,3,4). The second kappa shape index (κ2) is 11.2. The number of amides is 2. The number of ether oxygens (including phenoxy) is 1. The first-order valence-corrected chi connectivity index (χ1v) is 7.95. The van der Waals surface area contributed by atoms with Crippen molar-refractivity contribution in [1.29, 1.82) is 0 Å². The molecule has 0 aliphatic heterocycles. The molecule has 0 aromatic heterocycles. The van der Waals surface area contributed by atoms with Gasteiger partial charge in [0.1, 0.15) is 11.6 Å². The van der Waals surface area contributed by atoms with E-state index in [0.717, 1.165) is 18.2 Å². The van der Waals surface area contributed by atoms with Crippen molar-refractivity contribution in [3.8, 4) is 5.75 Å². The van der Waals surface area contributed by atoms with Gasteiger partial charge in [0.2, 0.25) is 0 Å². The van der Waals surface area contributed by atoms with Crippen molar-refractivity contribution in [2.45, 2.75) is 0 Å². The Labute approximate surface area is 166 Å². The zero-order valence-electron chi connectivity index (χ0n) is 13.0. The molecule has 0 heterocycles. The Morgan fingerprint density at radius 3 is 1.70 bits per heavy atom. The minimum atomic E-state index is -1.33. The van der Waals surface area contributed by atoms with E-state index in [1.807, 2.05) is 0 Å². The Hall–Kier alpha value is -2.54. The number of carbonyl (C=O) groups is 2. The summed E-state index contributed by atoms with van der Waals surface area (Å²) in [7, 11) is 0. The third-order valence-corrected chi connectivity index (χ3v) is 3.73. The summed E-state index contributed by atoms with van der Waals surface area (Å²) in [4.78, 5) is 19.0. The van der Waals surface area contributed by atoms with Crippen LogP contribution in [0.3, 0.4) is 0 Å². The molecular weight excluding hydrogens is 510 g/mol. The second-order valence-electron chi connectivity index (χ2n) is 4.20. The number of carbonyl (C=O) groups excluding carboxylic acids is 1. The van der Waals surface area contributed by atoms with Crippen LogP contribution in [-0.4, -0.2) is 17.3 Å². The highest BCUT2D eigenvalue weighted by atomic mass is 79.9. The van der Waals surface area contributed by atoms with Crippen LogP contribution in [0.4, 0.5) is 32.8 Å². The van der Waals surface area contributed by atoms with Crippen LogP contribution in [0.15, 0.2) is 33.2 Å². The van der Waals surface area contributed by atoms with Crippen LogP contribution in [-0.2, 0) is 0 Å². The maximum absolute atomic E-state index is 13.0. The zero-order valence-corrected chi connectivity index (χ0v) is 16.2. The van der Waals surface area contributed by atoms with Gasteiger partial charge in [0, 0.05) is 0 Å². The molecule has 7 nitrogen and oxygen atoms in total. The highest BCUT2D eigenvalue weighted by Gasteiger charge is 2.13. The van der Waals surface area contributed by atoms with Gasteiger partial charge in [0.15, 0.2) is 17.4 Å². The molecule has 148 valence electrons. The lowest BCUT2D eigenvalue weighted by Crippen LogP contribution is -2.17. The normalized spacial score (nSPS) is 9.26. The lowest BCUT2D eigenvalue weighted by atomic mass is 10.3. The van der Waals surface area contributed by atoms with Crippen molar-refractivity contribution >= 4 is 49.7 Å². The van der Waals surface area contributed by atoms with Crippen molar-refractivity contribution in [2.75, 3.05) is 5.73 Å².